The molecule has 0 bridgehead atoms. The van der Waals surface area contributed by atoms with Crippen LogP contribution < -0.4 is 11.1 Å². The summed E-state index contributed by atoms with van der Waals surface area (Å²) in [6.45, 7) is 9.74. The van der Waals surface area contributed by atoms with E-state index in [1.807, 2.05) is 6.92 Å². The van der Waals surface area contributed by atoms with Gasteiger partial charge in [0.15, 0.2) is 0 Å². The fourth-order valence-electron chi connectivity index (χ4n) is 2.94. The van der Waals surface area contributed by atoms with Crippen LogP contribution in [-0.4, -0.2) is 18.1 Å². The third-order valence-electron chi connectivity index (χ3n) is 4.33. The van der Waals surface area contributed by atoms with E-state index in [2.05, 4.69) is 32.0 Å². The van der Waals surface area contributed by atoms with Crippen LogP contribution in [0.2, 0.25) is 0 Å². The summed E-state index contributed by atoms with van der Waals surface area (Å²) in [4.78, 5) is 0. The summed E-state index contributed by atoms with van der Waals surface area (Å²) in [5.41, 5.74) is 6.46. The van der Waals surface area contributed by atoms with Crippen molar-refractivity contribution in [3.63, 3.8) is 0 Å². The van der Waals surface area contributed by atoms with E-state index in [9.17, 15) is 0 Å². The van der Waals surface area contributed by atoms with Crippen LogP contribution in [0.3, 0.4) is 0 Å². The first-order chi connectivity index (χ1) is 7.83. The SMILES string of the molecule is C#CC(C)NC1(CN)CCC(C(C)(C)C)CC1. The van der Waals surface area contributed by atoms with Gasteiger partial charge in [0.2, 0.25) is 0 Å². The minimum Gasteiger partial charge on any atom is -0.329 e. The molecule has 0 radical (unpaired) electrons. The average Bonchev–Trinajstić information content (AvgIpc) is 2.28. The van der Waals surface area contributed by atoms with E-state index in [0.717, 1.165) is 18.8 Å². The van der Waals surface area contributed by atoms with Gasteiger partial charge in [-0.05, 0) is 43.9 Å². The van der Waals surface area contributed by atoms with Gasteiger partial charge < -0.3 is 5.73 Å². The second kappa shape index (κ2) is 5.42. The van der Waals surface area contributed by atoms with Crippen molar-refractivity contribution in [1.29, 1.82) is 0 Å². The molecule has 0 aromatic rings. The van der Waals surface area contributed by atoms with E-state index in [4.69, 9.17) is 12.2 Å². The molecule has 0 spiro atoms. The smallest absolute Gasteiger partial charge is 0.0663 e. The molecule has 1 fully saturated rings. The Kier molecular flexibility index (Phi) is 4.63. The Morgan fingerprint density at radius 2 is 1.94 bits per heavy atom. The molecular formula is C15H28N2. The van der Waals surface area contributed by atoms with Crippen LogP contribution in [0.4, 0.5) is 0 Å². The molecule has 1 atom stereocenters. The van der Waals surface area contributed by atoms with Crippen molar-refractivity contribution in [3.8, 4) is 12.3 Å². The number of hydrogen-bond donors (Lipinski definition) is 2. The van der Waals surface area contributed by atoms with Crippen LogP contribution in [0.25, 0.3) is 0 Å². The standard InChI is InChI=1S/C15H28N2/c1-6-12(2)17-15(11-16)9-7-13(8-10-15)14(3,4)5/h1,12-13,17H,7-11,16H2,2-5H3. The molecule has 17 heavy (non-hydrogen) atoms. The predicted molar refractivity (Wildman–Crippen MR) is 74.6 cm³/mol. The summed E-state index contributed by atoms with van der Waals surface area (Å²) in [7, 11) is 0. The Labute approximate surface area is 107 Å². The summed E-state index contributed by atoms with van der Waals surface area (Å²) in [6.07, 6.45) is 10.3. The number of nitrogens with one attached hydrogen (secondary N) is 1. The van der Waals surface area contributed by atoms with E-state index in [-0.39, 0.29) is 11.6 Å². The molecule has 0 aromatic carbocycles. The Balaban J connectivity index is 2.61. The van der Waals surface area contributed by atoms with Crippen LogP contribution in [0, 0.1) is 23.7 Å². The van der Waals surface area contributed by atoms with Crippen molar-refractivity contribution in [2.45, 2.75) is 65.0 Å². The Bertz CT molecular complexity index is 274. The van der Waals surface area contributed by atoms with Crippen LogP contribution >= 0.6 is 0 Å². The number of nitrogens with two attached hydrogens (primary N) is 1. The second-order valence-corrected chi connectivity index (χ2v) is 6.66. The summed E-state index contributed by atoms with van der Waals surface area (Å²) in [5.74, 6) is 3.56. The van der Waals surface area contributed by atoms with Gasteiger partial charge in [0, 0.05) is 12.1 Å². The van der Waals surface area contributed by atoms with Gasteiger partial charge in [-0.15, -0.1) is 6.42 Å². The minimum atomic E-state index is 0.0769. The van der Waals surface area contributed by atoms with E-state index in [1.165, 1.54) is 12.8 Å². The first-order valence-corrected chi connectivity index (χ1v) is 6.77. The molecule has 1 aliphatic carbocycles. The third kappa shape index (κ3) is 3.72. The monoisotopic (exact) mass is 236 g/mol. The molecule has 2 heteroatoms. The first-order valence-electron chi connectivity index (χ1n) is 6.77. The fraction of sp³-hybridized carbons (Fsp3) is 0.867. The zero-order valence-corrected chi connectivity index (χ0v) is 11.8. The van der Waals surface area contributed by atoms with E-state index < -0.39 is 0 Å². The molecule has 1 aliphatic rings. The highest BCUT2D eigenvalue weighted by Gasteiger charge is 2.38. The highest BCUT2D eigenvalue weighted by molar-refractivity contribution is 5.04. The lowest BCUT2D eigenvalue weighted by molar-refractivity contribution is 0.115. The summed E-state index contributed by atoms with van der Waals surface area (Å²) >= 11 is 0. The topological polar surface area (TPSA) is 38.0 Å². The lowest BCUT2D eigenvalue weighted by atomic mass is 9.67. The van der Waals surface area contributed by atoms with Gasteiger partial charge in [0.1, 0.15) is 0 Å². The van der Waals surface area contributed by atoms with E-state index >= 15 is 0 Å². The molecule has 1 unspecified atom stereocenters. The molecular weight excluding hydrogens is 208 g/mol. The molecule has 0 saturated heterocycles. The molecule has 0 heterocycles. The summed E-state index contributed by atoms with van der Waals surface area (Å²) < 4.78 is 0. The quantitative estimate of drug-likeness (QED) is 0.739. The summed E-state index contributed by atoms with van der Waals surface area (Å²) in [5, 5.41) is 3.54. The van der Waals surface area contributed by atoms with Crippen molar-refractivity contribution >= 4 is 0 Å². The van der Waals surface area contributed by atoms with Gasteiger partial charge in [0.05, 0.1) is 6.04 Å². The van der Waals surface area contributed by atoms with Crippen molar-refractivity contribution in [3.05, 3.63) is 0 Å². The van der Waals surface area contributed by atoms with Gasteiger partial charge in [-0.25, -0.2) is 0 Å². The molecule has 0 aromatic heterocycles. The Morgan fingerprint density at radius 3 is 2.29 bits per heavy atom. The van der Waals surface area contributed by atoms with Crippen LogP contribution in [-0.2, 0) is 0 Å². The number of terminal acetylenes is 1. The Hall–Kier alpha value is -0.520. The molecule has 98 valence electrons. The van der Waals surface area contributed by atoms with E-state index in [1.54, 1.807) is 0 Å². The molecule has 0 aliphatic heterocycles. The van der Waals surface area contributed by atoms with Crippen molar-refractivity contribution in [2.75, 3.05) is 6.54 Å². The molecule has 1 rings (SSSR count). The average molecular weight is 236 g/mol. The molecule has 0 amide bonds. The van der Waals surface area contributed by atoms with Gasteiger partial charge in [-0.2, -0.15) is 0 Å². The number of rotatable bonds is 3. The van der Waals surface area contributed by atoms with Crippen molar-refractivity contribution in [2.24, 2.45) is 17.1 Å². The van der Waals surface area contributed by atoms with Gasteiger partial charge >= 0.3 is 0 Å². The lowest BCUT2D eigenvalue weighted by Gasteiger charge is -2.45. The zero-order valence-electron chi connectivity index (χ0n) is 11.8. The maximum Gasteiger partial charge on any atom is 0.0663 e. The predicted octanol–water partition coefficient (Wildman–Crippen LogP) is 2.53. The van der Waals surface area contributed by atoms with Gasteiger partial charge in [-0.3, -0.25) is 5.32 Å². The normalized spacial score (nSPS) is 31.9. The zero-order chi connectivity index (χ0) is 13.1. The number of hydrogen-bond acceptors (Lipinski definition) is 2. The maximum atomic E-state index is 5.96. The Morgan fingerprint density at radius 1 is 1.41 bits per heavy atom. The van der Waals surface area contributed by atoms with Crippen molar-refractivity contribution < 1.29 is 0 Å². The second-order valence-electron chi connectivity index (χ2n) is 6.66. The third-order valence-corrected chi connectivity index (χ3v) is 4.33. The maximum absolute atomic E-state index is 5.96. The summed E-state index contributed by atoms with van der Waals surface area (Å²) in [6, 6.07) is 0.115. The lowest BCUT2D eigenvalue weighted by Crippen LogP contribution is -2.56. The highest BCUT2D eigenvalue weighted by atomic mass is 15.0. The largest absolute Gasteiger partial charge is 0.329 e. The molecule has 3 N–H and O–H groups in total. The van der Waals surface area contributed by atoms with Crippen LogP contribution in [0.1, 0.15) is 53.4 Å². The fourth-order valence-corrected chi connectivity index (χ4v) is 2.94. The van der Waals surface area contributed by atoms with Crippen molar-refractivity contribution in [1.82, 2.24) is 5.32 Å². The van der Waals surface area contributed by atoms with Crippen LogP contribution in [0.5, 0.6) is 0 Å². The van der Waals surface area contributed by atoms with Gasteiger partial charge in [-0.1, -0.05) is 26.7 Å². The van der Waals surface area contributed by atoms with E-state index in [0.29, 0.717) is 12.0 Å². The molecule has 2 nitrogen and oxygen atoms in total. The minimum absolute atomic E-state index is 0.0769. The van der Waals surface area contributed by atoms with Crippen LogP contribution in [0.15, 0.2) is 0 Å². The molecule has 1 saturated carbocycles. The first kappa shape index (κ1) is 14.5. The highest BCUT2D eigenvalue weighted by Crippen LogP contribution is 2.41. The van der Waals surface area contributed by atoms with Gasteiger partial charge in [0.25, 0.3) is 0 Å².